The number of anilines is 1. The molecular formula is C17H20N2O3S. The molecule has 0 radical (unpaired) electrons. The average molecular weight is 332 g/mol. The number of para-hydroxylation sites is 1. The number of amides is 1. The third-order valence-corrected chi connectivity index (χ3v) is 4.06. The Morgan fingerprint density at radius 3 is 2.35 bits per heavy atom. The van der Waals surface area contributed by atoms with Gasteiger partial charge in [-0.25, -0.2) is 8.42 Å². The van der Waals surface area contributed by atoms with Crippen LogP contribution in [0.1, 0.15) is 21.5 Å². The van der Waals surface area contributed by atoms with Crippen LogP contribution in [0.4, 0.5) is 5.69 Å². The number of benzene rings is 2. The zero-order valence-corrected chi connectivity index (χ0v) is 14.2. The Hall–Kier alpha value is -2.34. The van der Waals surface area contributed by atoms with E-state index in [1.54, 1.807) is 36.2 Å². The summed E-state index contributed by atoms with van der Waals surface area (Å²) in [5, 5.41) is 0. The van der Waals surface area contributed by atoms with Crippen molar-refractivity contribution in [2.75, 3.05) is 18.0 Å². The van der Waals surface area contributed by atoms with Gasteiger partial charge in [0, 0.05) is 13.6 Å². The van der Waals surface area contributed by atoms with Crippen molar-refractivity contribution in [3.05, 3.63) is 65.2 Å². The highest BCUT2D eigenvalue weighted by Gasteiger charge is 2.17. The molecule has 0 saturated carbocycles. The number of hydrogen-bond donors (Lipinski definition) is 1. The fraction of sp³-hybridized carbons (Fsp3) is 0.235. The highest BCUT2D eigenvalue weighted by atomic mass is 32.2. The average Bonchev–Trinajstić information content (AvgIpc) is 2.48. The second kappa shape index (κ2) is 6.83. The molecule has 0 saturated heterocycles. The lowest BCUT2D eigenvalue weighted by molar-refractivity contribution is 0.0786. The summed E-state index contributed by atoms with van der Waals surface area (Å²) in [6.45, 7) is 2.45. The van der Waals surface area contributed by atoms with Crippen molar-refractivity contribution >= 4 is 21.6 Å². The lowest BCUT2D eigenvalue weighted by Gasteiger charge is -2.20. The minimum absolute atomic E-state index is 0.236. The van der Waals surface area contributed by atoms with Crippen LogP contribution in [-0.2, 0) is 16.6 Å². The highest BCUT2D eigenvalue weighted by Crippen LogP contribution is 2.19. The van der Waals surface area contributed by atoms with Crippen molar-refractivity contribution in [1.29, 1.82) is 0 Å². The van der Waals surface area contributed by atoms with Crippen molar-refractivity contribution in [3.63, 3.8) is 0 Å². The molecule has 0 spiro atoms. The molecule has 122 valence electrons. The van der Waals surface area contributed by atoms with E-state index in [4.69, 9.17) is 0 Å². The minimum Gasteiger partial charge on any atom is -0.337 e. The molecule has 2 aromatic carbocycles. The largest absolute Gasteiger partial charge is 0.337 e. The first-order valence-corrected chi connectivity index (χ1v) is 9.04. The Bertz CT molecular complexity index is 816. The summed E-state index contributed by atoms with van der Waals surface area (Å²) < 4.78 is 25.3. The number of carbonyl (C=O) groups excluding carboxylic acids is 1. The summed E-state index contributed by atoms with van der Waals surface area (Å²) in [6, 6.07) is 14.4. The van der Waals surface area contributed by atoms with Gasteiger partial charge in [0.15, 0.2) is 0 Å². The second-order valence-corrected chi connectivity index (χ2v) is 7.26. The van der Waals surface area contributed by atoms with E-state index in [2.05, 4.69) is 4.72 Å². The molecule has 0 fully saturated rings. The Balaban J connectivity index is 2.25. The monoisotopic (exact) mass is 332 g/mol. The van der Waals surface area contributed by atoms with Crippen molar-refractivity contribution in [3.8, 4) is 0 Å². The predicted molar refractivity (Wildman–Crippen MR) is 91.9 cm³/mol. The van der Waals surface area contributed by atoms with Gasteiger partial charge in [0.25, 0.3) is 5.91 Å². The van der Waals surface area contributed by atoms with E-state index in [9.17, 15) is 13.2 Å². The molecule has 2 rings (SSSR count). The summed E-state index contributed by atoms with van der Waals surface area (Å²) in [4.78, 5) is 14.2. The van der Waals surface area contributed by atoms with Crippen LogP contribution in [0.2, 0.25) is 0 Å². The normalized spacial score (nSPS) is 11.1. The van der Waals surface area contributed by atoms with Crippen molar-refractivity contribution in [2.45, 2.75) is 13.5 Å². The number of nitrogens with zero attached hydrogens (tertiary/aromatic N) is 1. The maximum absolute atomic E-state index is 12.7. The number of sulfonamides is 1. The molecule has 0 heterocycles. The molecule has 0 bridgehead atoms. The van der Waals surface area contributed by atoms with Gasteiger partial charge in [-0.2, -0.15) is 0 Å². The molecule has 0 aliphatic heterocycles. The Labute approximate surface area is 137 Å². The number of aryl methyl sites for hydroxylation is 1. The molecule has 1 N–H and O–H groups in total. The fourth-order valence-corrected chi connectivity index (χ4v) is 2.86. The van der Waals surface area contributed by atoms with Crippen molar-refractivity contribution in [1.82, 2.24) is 4.90 Å². The first kappa shape index (κ1) is 17.0. The molecule has 5 nitrogen and oxygen atoms in total. The molecule has 23 heavy (non-hydrogen) atoms. The van der Waals surface area contributed by atoms with E-state index in [0.717, 1.165) is 17.4 Å². The Kier molecular flexibility index (Phi) is 5.05. The number of nitrogens with one attached hydrogen (secondary N) is 1. The molecule has 2 aromatic rings. The number of carbonyl (C=O) groups is 1. The van der Waals surface area contributed by atoms with Crippen LogP contribution in [0.3, 0.4) is 0 Å². The van der Waals surface area contributed by atoms with Gasteiger partial charge < -0.3 is 4.90 Å². The summed E-state index contributed by atoms with van der Waals surface area (Å²) in [5.41, 5.74) is 2.78. The van der Waals surface area contributed by atoms with Gasteiger partial charge in [-0.1, -0.05) is 36.4 Å². The summed E-state index contributed by atoms with van der Waals surface area (Å²) in [7, 11) is -1.74. The van der Waals surface area contributed by atoms with Gasteiger partial charge in [-0.3, -0.25) is 9.52 Å². The summed E-state index contributed by atoms with van der Waals surface area (Å²) in [5.74, 6) is -0.236. The van der Waals surface area contributed by atoms with E-state index in [0.29, 0.717) is 12.1 Å². The quantitative estimate of drug-likeness (QED) is 0.915. The third kappa shape index (κ3) is 4.56. The first-order chi connectivity index (χ1) is 10.8. The van der Waals surface area contributed by atoms with Gasteiger partial charge in [0.05, 0.1) is 17.5 Å². The maximum atomic E-state index is 12.7. The zero-order chi connectivity index (χ0) is 17.0. The predicted octanol–water partition coefficient (Wildman–Crippen LogP) is 2.64. The van der Waals surface area contributed by atoms with Gasteiger partial charge >= 0.3 is 0 Å². The van der Waals surface area contributed by atoms with E-state index in [1.165, 1.54) is 0 Å². The van der Waals surface area contributed by atoms with Crippen LogP contribution in [0.25, 0.3) is 0 Å². The van der Waals surface area contributed by atoms with Crippen LogP contribution >= 0.6 is 0 Å². The van der Waals surface area contributed by atoms with Crippen LogP contribution in [-0.4, -0.2) is 32.5 Å². The Morgan fingerprint density at radius 2 is 1.70 bits per heavy atom. The molecule has 6 heteroatoms. The first-order valence-electron chi connectivity index (χ1n) is 7.15. The second-order valence-electron chi connectivity index (χ2n) is 5.51. The van der Waals surface area contributed by atoms with E-state index < -0.39 is 10.0 Å². The summed E-state index contributed by atoms with van der Waals surface area (Å²) >= 11 is 0. The van der Waals surface area contributed by atoms with Gasteiger partial charge in [0.1, 0.15) is 0 Å². The van der Waals surface area contributed by atoms with E-state index >= 15 is 0 Å². The zero-order valence-electron chi connectivity index (χ0n) is 13.4. The van der Waals surface area contributed by atoms with Crippen LogP contribution < -0.4 is 4.72 Å². The minimum atomic E-state index is -3.45. The molecule has 0 unspecified atom stereocenters. The Morgan fingerprint density at radius 1 is 1.09 bits per heavy atom. The van der Waals surface area contributed by atoms with Crippen LogP contribution in [0, 0.1) is 6.92 Å². The molecule has 0 atom stereocenters. The van der Waals surface area contributed by atoms with Crippen LogP contribution in [0.5, 0.6) is 0 Å². The molecule has 0 aliphatic carbocycles. The lowest BCUT2D eigenvalue weighted by Crippen LogP contribution is -2.27. The number of hydrogen-bond acceptors (Lipinski definition) is 3. The van der Waals surface area contributed by atoms with E-state index in [-0.39, 0.29) is 11.6 Å². The highest BCUT2D eigenvalue weighted by molar-refractivity contribution is 7.92. The molecule has 1 amide bonds. The maximum Gasteiger partial charge on any atom is 0.256 e. The lowest BCUT2D eigenvalue weighted by atomic mass is 10.1. The van der Waals surface area contributed by atoms with Gasteiger partial charge in [-0.05, 0) is 30.2 Å². The topological polar surface area (TPSA) is 66.5 Å². The number of rotatable bonds is 5. The smallest absolute Gasteiger partial charge is 0.256 e. The van der Waals surface area contributed by atoms with Crippen molar-refractivity contribution < 1.29 is 13.2 Å². The van der Waals surface area contributed by atoms with Gasteiger partial charge in [0.2, 0.25) is 10.0 Å². The molecular weight excluding hydrogens is 312 g/mol. The van der Waals surface area contributed by atoms with Crippen LogP contribution in [0.15, 0.2) is 48.5 Å². The fourth-order valence-electron chi connectivity index (χ4n) is 2.28. The molecule has 0 aliphatic rings. The summed E-state index contributed by atoms with van der Waals surface area (Å²) in [6.07, 6.45) is 1.06. The SMILES string of the molecule is Cc1ccccc1CN(C)C(=O)c1ccccc1NS(C)(=O)=O. The van der Waals surface area contributed by atoms with Crippen molar-refractivity contribution in [2.24, 2.45) is 0 Å². The molecule has 0 aromatic heterocycles. The third-order valence-electron chi connectivity index (χ3n) is 3.47. The van der Waals surface area contributed by atoms with E-state index in [1.807, 2.05) is 31.2 Å². The van der Waals surface area contributed by atoms with Gasteiger partial charge in [-0.15, -0.1) is 0 Å². The standard InChI is InChI=1S/C17H20N2O3S/c1-13-8-4-5-9-14(13)12-19(2)17(20)15-10-6-7-11-16(15)18-23(3,21)22/h4-11,18H,12H2,1-3H3.